The molecule has 0 bridgehead atoms. The number of sulfonamides is 1. The minimum absolute atomic E-state index is 0. The summed E-state index contributed by atoms with van der Waals surface area (Å²) in [6.07, 6.45) is 1.77. The molecular weight excluding hydrogens is 466 g/mol. The number of hydrogen-bond donors (Lipinski definition) is 0. The van der Waals surface area contributed by atoms with E-state index in [9.17, 15) is 13.2 Å². The minimum atomic E-state index is -3.54. The topological polar surface area (TPSA) is 79.4 Å². The Morgan fingerprint density at radius 3 is 2.36 bits per heavy atom. The molecule has 0 unspecified atom stereocenters. The van der Waals surface area contributed by atoms with E-state index in [0.717, 1.165) is 49.5 Å². The van der Waals surface area contributed by atoms with Gasteiger partial charge in [-0.1, -0.05) is 12.1 Å². The van der Waals surface area contributed by atoms with Gasteiger partial charge in [0.25, 0.3) is 5.91 Å². The average molecular weight is 493 g/mol. The molecule has 3 aliphatic rings. The zero-order valence-corrected chi connectivity index (χ0v) is 19.9. The van der Waals surface area contributed by atoms with Crippen molar-refractivity contribution in [3.63, 3.8) is 0 Å². The Morgan fingerprint density at radius 1 is 0.879 bits per heavy atom. The highest BCUT2D eigenvalue weighted by atomic mass is 35.5. The highest BCUT2D eigenvalue weighted by Crippen LogP contribution is 2.33. The smallest absolute Gasteiger partial charge is 0.253 e. The van der Waals surface area contributed by atoms with Crippen molar-refractivity contribution in [1.29, 1.82) is 0 Å². The Hall–Kier alpha value is -2.33. The first kappa shape index (κ1) is 23.8. The number of nitrogens with zero attached hydrogens (tertiary/aromatic N) is 3. The van der Waals surface area contributed by atoms with Gasteiger partial charge in [-0.05, 0) is 48.7 Å². The molecule has 2 fully saturated rings. The number of ether oxygens (including phenoxy) is 2. The third-order valence-electron chi connectivity index (χ3n) is 6.29. The van der Waals surface area contributed by atoms with Crippen LogP contribution in [0.15, 0.2) is 47.4 Å². The molecule has 0 aliphatic carbocycles. The molecule has 0 saturated carbocycles. The number of benzene rings is 2. The molecular formula is C23H27ClN3O5S-. The van der Waals surface area contributed by atoms with Gasteiger partial charge < -0.3 is 26.8 Å². The monoisotopic (exact) mass is 492 g/mol. The molecule has 2 aromatic rings. The van der Waals surface area contributed by atoms with Gasteiger partial charge in [0.05, 0.1) is 4.90 Å². The second-order valence-electron chi connectivity index (χ2n) is 8.39. The molecule has 0 spiro atoms. The van der Waals surface area contributed by atoms with Gasteiger partial charge in [0.2, 0.25) is 16.8 Å². The number of amides is 1. The SMILES string of the molecule is O=C(c1cccc(S(=O)(=O)N2CCCC2)c1)N1CCN(Cc2ccc3c(c2)OCO3)CC1.[Cl-]. The van der Waals surface area contributed by atoms with Crippen LogP contribution in [0.4, 0.5) is 0 Å². The lowest BCUT2D eigenvalue weighted by atomic mass is 10.1. The molecule has 2 aromatic carbocycles. The molecule has 0 aromatic heterocycles. The van der Waals surface area contributed by atoms with Gasteiger partial charge in [0, 0.05) is 51.4 Å². The number of fused-ring (bicyclic) bond motifs is 1. The summed E-state index contributed by atoms with van der Waals surface area (Å²) in [5.74, 6) is 1.43. The van der Waals surface area contributed by atoms with Crippen molar-refractivity contribution in [3.05, 3.63) is 53.6 Å². The van der Waals surface area contributed by atoms with Gasteiger partial charge in [0.15, 0.2) is 11.5 Å². The summed E-state index contributed by atoms with van der Waals surface area (Å²) in [5.41, 5.74) is 1.57. The molecule has 1 amide bonds. The molecule has 33 heavy (non-hydrogen) atoms. The predicted octanol–water partition coefficient (Wildman–Crippen LogP) is -0.838. The van der Waals surface area contributed by atoms with Crippen molar-refractivity contribution in [2.45, 2.75) is 24.3 Å². The van der Waals surface area contributed by atoms with Crippen LogP contribution in [-0.4, -0.2) is 74.5 Å². The minimum Gasteiger partial charge on any atom is -1.00 e. The fourth-order valence-electron chi connectivity index (χ4n) is 4.46. The fourth-order valence-corrected chi connectivity index (χ4v) is 6.02. The van der Waals surface area contributed by atoms with E-state index in [1.807, 2.05) is 18.2 Å². The van der Waals surface area contributed by atoms with E-state index in [-0.39, 0.29) is 30.0 Å². The van der Waals surface area contributed by atoms with E-state index in [1.165, 1.54) is 10.4 Å². The van der Waals surface area contributed by atoms with Gasteiger partial charge in [-0.3, -0.25) is 9.69 Å². The fraction of sp³-hybridized carbons (Fsp3) is 0.435. The summed E-state index contributed by atoms with van der Waals surface area (Å²) in [6.45, 7) is 4.86. The lowest BCUT2D eigenvalue weighted by molar-refractivity contribution is -0.0000214. The molecule has 178 valence electrons. The first-order valence-electron chi connectivity index (χ1n) is 11.0. The standard InChI is InChI=1S/C23H27N3O5S.ClH/c27-23(19-4-3-5-20(15-19)32(28,29)26-8-1-2-9-26)25-12-10-24(11-13-25)16-18-6-7-21-22(14-18)31-17-30-21;/h3-7,14-15H,1-2,8-13,16-17H2;1H/p-1. The van der Waals surface area contributed by atoms with E-state index in [4.69, 9.17) is 9.47 Å². The Bertz CT molecular complexity index is 1110. The van der Waals surface area contributed by atoms with Gasteiger partial charge in [-0.2, -0.15) is 4.31 Å². The van der Waals surface area contributed by atoms with Crippen LogP contribution in [0.5, 0.6) is 11.5 Å². The van der Waals surface area contributed by atoms with E-state index in [2.05, 4.69) is 4.90 Å². The zero-order valence-electron chi connectivity index (χ0n) is 18.3. The first-order chi connectivity index (χ1) is 15.5. The van der Waals surface area contributed by atoms with Crippen LogP contribution in [-0.2, 0) is 16.6 Å². The quantitative estimate of drug-likeness (QED) is 0.542. The van der Waals surface area contributed by atoms with Crippen LogP contribution >= 0.6 is 0 Å². The van der Waals surface area contributed by atoms with E-state index >= 15 is 0 Å². The predicted molar refractivity (Wildman–Crippen MR) is 118 cm³/mol. The van der Waals surface area contributed by atoms with Crippen molar-refractivity contribution < 1.29 is 35.1 Å². The van der Waals surface area contributed by atoms with Crippen molar-refractivity contribution >= 4 is 15.9 Å². The van der Waals surface area contributed by atoms with Gasteiger partial charge in [-0.25, -0.2) is 8.42 Å². The van der Waals surface area contributed by atoms with Crippen LogP contribution < -0.4 is 21.9 Å². The van der Waals surface area contributed by atoms with Gasteiger partial charge in [-0.15, -0.1) is 0 Å². The van der Waals surface area contributed by atoms with Crippen molar-refractivity contribution in [3.8, 4) is 11.5 Å². The van der Waals surface area contributed by atoms with E-state index in [0.29, 0.717) is 31.7 Å². The lowest BCUT2D eigenvalue weighted by Gasteiger charge is -2.35. The molecule has 3 aliphatic heterocycles. The maximum Gasteiger partial charge on any atom is 0.253 e. The van der Waals surface area contributed by atoms with Crippen LogP contribution in [0.1, 0.15) is 28.8 Å². The Labute approximate surface area is 200 Å². The van der Waals surface area contributed by atoms with Crippen molar-refractivity contribution in [2.24, 2.45) is 0 Å². The molecule has 8 nitrogen and oxygen atoms in total. The maximum atomic E-state index is 13.1. The highest BCUT2D eigenvalue weighted by Gasteiger charge is 2.29. The first-order valence-corrected chi connectivity index (χ1v) is 12.4. The maximum absolute atomic E-state index is 13.1. The average Bonchev–Trinajstić information content (AvgIpc) is 3.51. The number of halogens is 1. The molecule has 0 atom stereocenters. The summed E-state index contributed by atoms with van der Waals surface area (Å²) in [6, 6.07) is 12.4. The third-order valence-corrected chi connectivity index (χ3v) is 8.18. The molecule has 5 rings (SSSR count). The Morgan fingerprint density at radius 2 is 1.61 bits per heavy atom. The van der Waals surface area contributed by atoms with Crippen LogP contribution in [0, 0.1) is 0 Å². The molecule has 10 heteroatoms. The second-order valence-corrected chi connectivity index (χ2v) is 10.3. The molecule has 3 heterocycles. The van der Waals surface area contributed by atoms with Crippen LogP contribution in [0.2, 0.25) is 0 Å². The Kier molecular flexibility index (Phi) is 7.13. The summed E-state index contributed by atoms with van der Waals surface area (Å²) in [5, 5.41) is 0. The van der Waals surface area contributed by atoms with E-state index in [1.54, 1.807) is 23.1 Å². The van der Waals surface area contributed by atoms with E-state index < -0.39 is 10.0 Å². The van der Waals surface area contributed by atoms with Crippen molar-refractivity contribution in [2.75, 3.05) is 46.1 Å². The van der Waals surface area contributed by atoms with Crippen LogP contribution in [0.3, 0.4) is 0 Å². The van der Waals surface area contributed by atoms with Gasteiger partial charge in [0.1, 0.15) is 0 Å². The molecule has 0 N–H and O–H groups in total. The molecule has 0 radical (unpaired) electrons. The Balaban J connectivity index is 0.00000259. The zero-order chi connectivity index (χ0) is 22.1. The number of rotatable bonds is 5. The van der Waals surface area contributed by atoms with Gasteiger partial charge >= 0.3 is 0 Å². The third kappa shape index (κ3) is 4.96. The number of carbonyl (C=O) groups is 1. The summed E-state index contributed by atoms with van der Waals surface area (Å²) in [7, 11) is -3.54. The lowest BCUT2D eigenvalue weighted by Crippen LogP contribution is -3.00. The molecule has 2 saturated heterocycles. The second kappa shape index (κ2) is 9.89. The summed E-state index contributed by atoms with van der Waals surface area (Å²) in [4.78, 5) is 17.4. The normalized spacial score (nSPS) is 18.8. The largest absolute Gasteiger partial charge is 1.00 e. The number of piperazine rings is 1. The number of carbonyl (C=O) groups excluding carboxylic acids is 1. The van der Waals surface area contributed by atoms with Crippen LogP contribution in [0.25, 0.3) is 0 Å². The van der Waals surface area contributed by atoms with Crippen molar-refractivity contribution in [1.82, 2.24) is 14.1 Å². The summed E-state index contributed by atoms with van der Waals surface area (Å²) < 4.78 is 38.0. The highest BCUT2D eigenvalue weighted by molar-refractivity contribution is 7.89. The number of hydrogen-bond acceptors (Lipinski definition) is 6. The summed E-state index contributed by atoms with van der Waals surface area (Å²) >= 11 is 0.